The summed E-state index contributed by atoms with van der Waals surface area (Å²) in [7, 11) is 7.08. The van der Waals surface area contributed by atoms with Crippen molar-refractivity contribution in [2.24, 2.45) is 0 Å². The predicted octanol–water partition coefficient (Wildman–Crippen LogP) is 0.977. The normalized spacial score (nSPS) is 10.2. The first-order valence-electron chi connectivity index (χ1n) is 7.24. The Morgan fingerprint density at radius 2 is 1.95 bits per heavy atom. The fourth-order valence-corrected chi connectivity index (χ4v) is 1.92. The Balaban J connectivity index is 2.54. The zero-order valence-corrected chi connectivity index (χ0v) is 13.8. The zero-order valence-electron chi connectivity index (χ0n) is 13.8. The van der Waals surface area contributed by atoms with Crippen LogP contribution in [0.5, 0.6) is 0 Å². The highest BCUT2D eigenvalue weighted by atomic mass is 16.5. The van der Waals surface area contributed by atoms with Crippen molar-refractivity contribution in [2.45, 2.75) is 6.42 Å². The van der Waals surface area contributed by atoms with Crippen molar-refractivity contribution >= 4 is 17.5 Å². The monoisotopic (exact) mass is 307 g/mol. The van der Waals surface area contributed by atoms with E-state index in [4.69, 9.17) is 4.74 Å². The molecule has 6 nitrogen and oxygen atoms in total. The van der Waals surface area contributed by atoms with Gasteiger partial charge in [-0.2, -0.15) is 0 Å². The van der Waals surface area contributed by atoms with Crippen LogP contribution < -0.4 is 10.2 Å². The Kier molecular flexibility index (Phi) is 7.39. The van der Waals surface area contributed by atoms with E-state index in [0.29, 0.717) is 18.7 Å². The molecule has 22 heavy (non-hydrogen) atoms. The number of ether oxygens (including phenoxy) is 1. The summed E-state index contributed by atoms with van der Waals surface area (Å²) in [5.74, 6) is -0.341. The largest absolute Gasteiger partial charge is 0.385 e. The lowest BCUT2D eigenvalue weighted by Crippen LogP contribution is -2.38. The summed E-state index contributed by atoms with van der Waals surface area (Å²) in [6, 6.07) is 7.33. The Morgan fingerprint density at radius 3 is 2.59 bits per heavy atom. The molecule has 122 valence electrons. The molecule has 2 amide bonds. The maximum atomic E-state index is 12.3. The van der Waals surface area contributed by atoms with Crippen molar-refractivity contribution in [3.63, 3.8) is 0 Å². The van der Waals surface area contributed by atoms with Crippen molar-refractivity contribution in [1.29, 1.82) is 0 Å². The molecule has 1 N–H and O–H groups in total. The molecule has 0 saturated carbocycles. The summed E-state index contributed by atoms with van der Waals surface area (Å²) in [4.78, 5) is 27.5. The molecule has 1 aromatic carbocycles. The Hall–Kier alpha value is -2.08. The quantitative estimate of drug-likeness (QED) is 0.727. The number of hydrogen-bond donors (Lipinski definition) is 1. The van der Waals surface area contributed by atoms with E-state index in [0.717, 1.165) is 12.1 Å². The van der Waals surface area contributed by atoms with Crippen LogP contribution in [-0.4, -0.2) is 64.7 Å². The van der Waals surface area contributed by atoms with Gasteiger partial charge >= 0.3 is 0 Å². The lowest BCUT2D eigenvalue weighted by Gasteiger charge is -2.18. The number of nitrogens with zero attached hydrogens (tertiary/aromatic N) is 2. The topological polar surface area (TPSA) is 61.9 Å². The molecular formula is C16H25N3O3. The van der Waals surface area contributed by atoms with E-state index in [1.54, 1.807) is 20.2 Å². The van der Waals surface area contributed by atoms with Gasteiger partial charge in [0, 0.05) is 52.7 Å². The second-order valence-corrected chi connectivity index (χ2v) is 5.30. The summed E-state index contributed by atoms with van der Waals surface area (Å²) in [6.07, 6.45) is 0.755. The number of nitrogens with one attached hydrogen (secondary N) is 1. The number of carbonyl (C=O) groups is 2. The number of likely N-dealkylation sites (N-methyl/N-ethyl adjacent to an activating group) is 1. The minimum atomic E-state index is -0.171. The molecule has 0 fully saturated rings. The van der Waals surface area contributed by atoms with Crippen LogP contribution >= 0.6 is 0 Å². The van der Waals surface area contributed by atoms with E-state index in [1.165, 1.54) is 4.90 Å². The van der Waals surface area contributed by atoms with Crippen molar-refractivity contribution < 1.29 is 14.3 Å². The van der Waals surface area contributed by atoms with E-state index in [1.807, 2.05) is 37.2 Å². The van der Waals surface area contributed by atoms with Gasteiger partial charge in [0.2, 0.25) is 5.91 Å². The van der Waals surface area contributed by atoms with Crippen molar-refractivity contribution in [3.8, 4) is 0 Å². The molecular weight excluding hydrogens is 282 g/mol. The zero-order chi connectivity index (χ0) is 16.5. The third kappa shape index (κ3) is 5.73. The van der Waals surface area contributed by atoms with Gasteiger partial charge in [0.05, 0.1) is 6.54 Å². The number of amides is 2. The standard InChI is InChI=1S/C16H25N3O3/c1-18(2)14-8-5-7-13(11-14)16(21)19(3)12-15(20)17-9-6-10-22-4/h5,7-8,11H,6,9-10,12H2,1-4H3,(H,17,20). The molecule has 6 heteroatoms. The molecule has 0 atom stereocenters. The molecule has 1 rings (SSSR count). The number of rotatable bonds is 8. The SMILES string of the molecule is COCCCNC(=O)CN(C)C(=O)c1cccc(N(C)C)c1. The molecule has 0 heterocycles. The maximum Gasteiger partial charge on any atom is 0.254 e. The van der Waals surface area contributed by atoms with Gasteiger partial charge in [-0.15, -0.1) is 0 Å². The Bertz CT molecular complexity index is 503. The van der Waals surface area contributed by atoms with Gasteiger partial charge in [-0.05, 0) is 24.6 Å². The molecule has 0 aromatic heterocycles. The van der Waals surface area contributed by atoms with Crippen molar-refractivity contribution in [1.82, 2.24) is 10.2 Å². The first-order chi connectivity index (χ1) is 10.5. The molecule has 0 aliphatic carbocycles. The van der Waals surface area contributed by atoms with Gasteiger partial charge in [-0.1, -0.05) is 6.07 Å². The van der Waals surface area contributed by atoms with E-state index in [9.17, 15) is 9.59 Å². The van der Waals surface area contributed by atoms with Crippen LogP contribution in [0.2, 0.25) is 0 Å². The van der Waals surface area contributed by atoms with Gasteiger partial charge in [0.25, 0.3) is 5.91 Å². The van der Waals surface area contributed by atoms with Gasteiger partial charge < -0.3 is 19.9 Å². The summed E-state index contributed by atoms with van der Waals surface area (Å²) >= 11 is 0. The van der Waals surface area contributed by atoms with Crippen LogP contribution in [0.4, 0.5) is 5.69 Å². The lowest BCUT2D eigenvalue weighted by molar-refractivity contribution is -0.121. The van der Waals surface area contributed by atoms with Gasteiger partial charge in [0.1, 0.15) is 0 Å². The minimum absolute atomic E-state index is 0.0397. The van der Waals surface area contributed by atoms with Crippen molar-refractivity contribution in [3.05, 3.63) is 29.8 Å². The lowest BCUT2D eigenvalue weighted by atomic mass is 10.1. The second-order valence-electron chi connectivity index (χ2n) is 5.30. The third-order valence-corrected chi connectivity index (χ3v) is 3.18. The molecule has 0 saturated heterocycles. The first-order valence-corrected chi connectivity index (χ1v) is 7.24. The van der Waals surface area contributed by atoms with E-state index < -0.39 is 0 Å². The highest BCUT2D eigenvalue weighted by molar-refractivity contribution is 5.97. The molecule has 0 bridgehead atoms. The van der Waals surface area contributed by atoms with Crippen LogP contribution in [0.15, 0.2) is 24.3 Å². The van der Waals surface area contributed by atoms with E-state index in [2.05, 4.69) is 5.32 Å². The summed E-state index contributed by atoms with van der Waals surface area (Å²) in [6.45, 7) is 1.19. The molecule has 1 aromatic rings. The molecule has 0 aliphatic rings. The Labute approximate surface area is 132 Å². The number of hydrogen-bond acceptors (Lipinski definition) is 4. The molecule has 0 radical (unpaired) electrons. The van der Waals surface area contributed by atoms with Crippen LogP contribution in [0.3, 0.4) is 0 Å². The van der Waals surface area contributed by atoms with Crippen LogP contribution in [0.1, 0.15) is 16.8 Å². The van der Waals surface area contributed by atoms with Gasteiger partial charge in [0.15, 0.2) is 0 Å². The van der Waals surface area contributed by atoms with Gasteiger partial charge in [-0.25, -0.2) is 0 Å². The predicted molar refractivity (Wildman–Crippen MR) is 87.2 cm³/mol. The average Bonchev–Trinajstić information content (AvgIpc) is 2.50. The minimum Gasteiger partial charge on any atom is -0.385 e. The van der Waals surface area contributed by atoms with E-state index >= 15 is 0 Å². The smallest absolute Gasteiger partial charge is 0.254 e. The summed E-state index contributed by atoms with van der Waals surface area (Å²) in [5.41, 5.74) is 1.52. The number of carbonyl (C=O) groups excluding carboxylic acids is 2. The second kappa shape index (κ2) is 9.04. The fraction of sp³-hybridized carbons (Fsp3) is 0.500. The maximum absolute atomic E-state index is 12.3. The third-order valence-electron chi connectivity index (χ3n) is 3.18. The summed E-state index contributed by atoms with van der Waals surface area (Å²) in [5, 5.41) is 2.76. The molecule has 0 spiro atoms. The highest BCUT2D eigenvalue weighted by Gasteiger charge is 2.15. The molecule has 0 unspecified atom stereocenters. The first kappa shape index (κ1) is 18.0. The average molecular weight is 307 g/mol. The van der Waals surface area contributed by atoms with Crippen molar-refractivity contribution in [2.75, 3.05) is 52.8 Å². The molecule has 0 aliphatic heterocycles. The van der Waals surface area contributed by atoms with Gasteiger partial charge in [-0.3, -0.25) is 9.59 Å². The van der Waals surface area contributed by atoms with E-state index in [-0.39, 0.29) is 18.4 Å². The van der Waals surface area contributed by atoms with Crippen LogP contribution in [0.25, 0.3) is 0 Å². The summed E-state index contributed by atoms with van der Waals surface area (Å²) < 4.78 is 4.91. The number of anilines is 1. The highest BCUT2D eigenvalue weighted by Crippen LogP contribution is 2.14. The Morgan fingerprint density at radius 1 is 1.23 bits per heavy atom. The number of methoxy groups -OCH3 is 1. The van der Waals surface area contributed by atoms with Crippen LogP contribution in [0, 0.1) is 0 Å². The fourth-order valence-electron chi connectivity index (χ4n) is 1.92. The number of benzene rings is 1. The van der Waals surface area contributed by atoms with Crippen LogP contribution in [-0.2, 0) is 9.53 Å².